The number of sulfonamides is 1. The highest BCUT2D eigenvalue weighted by Gasteiger charge is 2.18. The molecule has 4 nitrogen and oxygen atoms in total. The van der Waals surface area contributed by atoms with E-state index in [-0.39, 0.29) is 10.9 Å². The van der Waals surface area contributed by atoms with Crippen LogP contribution in [0.2, 0.25) is 0 Å². The molecule has 0 saturated carbocycles. The normalized spacial score (nSPS) is 13.7. The zero-order chi connectivity index (χ0) is 14.5. The van der Waals surface area contributed by atoms with Crippen LogP contribution in [-0.2, 0) is 10.0 Å². The lowest BCUT2D eigenvalue weighted by atomic mass is 10.3. The summed E-state index contributed by atoms with van der Waals surface area (Å²) in [5.41, 5.74) is 0. The molecule has 6 heteroatoms. The van der Waals surface area contributed by atoms with Crippen LogP contribution in [0.15, 0.2) is 33.6 Å². The van der Waals surface area contributed by atoms with Crippen LogP contribution in [0, 0.1) is 0 Å². The molecule has 0 amide bonds. The van der Waals surface area contributed by atoms with Crippen molar-refractivity contribution in [3.63, 3.8) is 0 Å². The molecule has 0 aromatic heterocycles. The molecule has 0 saturated heterocycles. The maximum atomic E-state index is 12.2. The van der Waals surface area contributed by atoms with Crippen LogP contribution in [0.25, 0.3) is 0 Å². The number of benzene rings is 1. The summed E-state index contributed by atoms with van der Waals surface area (Å²) in [5, 5.41) is 0. The molecule has 0 bridgehead atoms. The van der Waals surface area contributed by atoms with Gasteiger partial charge in [0, 0.05) is 17.1 Å². The van der Waals surface area contributed by atoms with Gasteiger partial charge in [-0.1, -0.05) is 35.8 Å². The molecule has 1 rings (SSSR count). The molecule has 1 aromatic rings. The average molecular weight is 349 g/mol. The number of hydrogen-bond donors (Lipinski definition) is 1. The van der Waals surface area contributed by atoms with Crippen molar-refractivity contribution in [2.45, 2.75) is 31.7 Å². The Morgan fingerprint density at radius 3 is 2.47 bits per heavy atom. The number of hydrogen-bond acceptors (Lipinski definition) is 3. The third-order valence-electron chi connectivity index (χ3n) is 2.89. The largest absolute Gasteiger partial charge is 0.302 e. The Balaban J connectivity index is 2.74. The second-order valence-corrected chi connectivity index (χ2v) is 7.10. The van der Waals surface area contributed by atoms with E-state index in [1.807, 2.05) is 6.92 Å². The van der Waals surface area contributed by atoms with E-state index in [1.54, 1.807) is 24.3 Å². The van der Waals surface area contributed by atoms with Crippen LogP contribution in [0.4, 0.5) is 0 Å². The summed E-state index contributed by atoms with van der Waals surface area (Å²) in [5.74, 6) is 0. The number of halogens is 1. The molecule has 0 aliphatic heterocycles. The highest BCUT2D eigenvalue weighted by molar-refractivity contribution is 9.10. The Hall–Kier alpha value is -0.430. The van der Waals surface area contributed by atoms with Crippen LogP contribution < -0.4 is 4.72 Å². The lowest BCUT2D eigenvalue weighted by Gasteiger charge is -2.23. The monoisotopic (exact) mass is 348 g/mol. The number of rotatable bonds is 7. The summed E-state index contributed by atoms with van der Waals surface area (Å²) >= 11 is 3.28. The van der Waals surface area contributed by atoms with Crippen molar-refractivity contribution in [2.24, 2.45) is 0 Å². The first kappa shape index (κ1) is 16.6. The minimum atomic E-state index is -3.45. The maximum absolute atomic E-state index is 12.2. The lowest BCUT2D eigenvalue weighted by molar-refractivity contribution is 0.282. The van der Waals surface area contributed by atoms with Gasteiger partial charge in [0.25, 0.3) is 0 Å². The van der Waals surface area contributed by atoms with Crippen molar-refractivity contribution in [3.8, 4) is 0 Å². The Morgan fingerprint density at radius 1 is 1.32 bits per heavy atom. The summed E-state index contributed by atoms with van der Waals surface area (Å²) in [6, 6.07) is 6.60. The van der Waals surface area contributed by atoms with Crippen molar-refractivity contribution in [2.75, 3.05) is 19.6 Å². The summed E-state index contributed by atoms with van der Waals surface area (Å²) in [6.45, 7) is 8.56. The first-order valence-electron chi connectivity index (χ1n) is 6.39. The van der Waals surface area contributed by atoms with Gasteiger partial charge in [0.1, 0.15) is 0 Å². The minimum absolute atomic E-state index is 0.121. The molecular weight excluding hydrogens is 328 g/mol. The van der Waals surface area contributed by atoms with E-state index in [0.717, 1.165) is 17.6 Å². The zero-order valence-corrected chi connectivity index (χ0v) is 14.0. The van der Waals surface area contributed by atoms with E-state index in [0.29, 0.717) is 6.54 Å². The van der Waals surface area contributed by atoms with Gasteiger partial charge in [0.05, 0.1) is 4.90 Å². The molecule has 1 unspecified atom stereocenters. The second kappa shape index (κ2) is 7.38. The first-order valence-corrected chi connectivity index (χ1v) is 8.67. The molecule has 108 valence electrons. The average Bonchev–Trinajstić information content (AvgIpc) is 2.35. The fourth-order valence-corrected chi connectivity index (χ4v) is 3.70. The van der Waals surface area contributed by atoms with Crippen molar-refractivity contribution >= 4 is 26.0 Å². The quantitative estimate of drug-likeness (QED) is 0.823. The van der Waals surface area contributed by atoms with Gasteiger partial charge in [0.2, 0.25) is 10.0 Å². The molecule has 0 heterocycles. The second-order valence-electron chi connectivity index (χ2n) is 4.47. The smallest absolute Gasteiger partial charge is 0.240 e. The molecule has 1 N–H and O–H groups in total. The molecule has 1 aromatic carbocycles. The van der Waals surface area contributed by atoms with Crippen LogP contribution in [0.3, 0.4) is 0 Å². The third-order valence-corrected chi connectivity index (χ3v) is 4.97. The van der Waals surface area contributed by atoms with Gasteiger partial charge >= 0.3 is 0 Å². The molecule has 0 radical (unpaired) electrons. The van der Waals surface area contributed by atoms with Gasteiger partial charge in [0.15, 0.2) is 0 Å². The SMILES string of the molecule is CCN(CC)CC(C)NS(=O)(=O)c1cccc(Br)c1. The maximum Gasteiger partial charge on any atom is 0.240 e. The number of nitrogens with one attached hydrogen (secondary N) is 1. The Labute approximate surface area is 124 Å². The van der Waals surface area contributed by atoms with Crippen molar-refractivity contribution in [1.82, 2.24) is 9.62 Å². The van der Waals surface area contributed by atoms with E-state index in [9.17, 15) is 8.42 Å². The predicted molar refractivity (Wildman–Crippen MR) is 81.7 cm³/mol. The summed E-state index contributed by atoms with van der Waals surface area (Å²) < 4.78 is 27.9. The lowest BCUT2D eigenvalue weighted by Crippen LogP contribution is -2.41. The summed E-state index contributed by atoms with van der Waals surface area (Å²) in [7, 11) is -3.45. The molecule has 19 heavy (non-hydrogen) atoms. The predicted octanol–water partition coefficient (Wildman–Crippen LogP) is 2.46. The van der Waals surface area contributed by atoms with Gasteiger partial charge in [-0.05, 0) is 38.2 Å². The van der Waals surface area contributed by atoms with E-state index >= 15 is 0 Å². The standard InChI is InChI=1S/C13H21BrN2O2S/c1-4-16(5-2)10-11(3)15-19(17,18)13-8-6-7-12(14)9-13/h6-9,11,15H,4-5,10H2,1-3H3. The van der Waals surface area contributed by atoms with Crippen molar-refractivity contribution in [3.05, 3.63) is 28.7 Å². The molecule has 0 aliphatic rings. The fraction of sp³-hybridized carbons (Fsp3) is 0.538. The molecule has 0 spiro atoms. The van der Waals surface area contributed by atoms with Gasteiger partial charge in [-0.2, -0.15) is 0 Å². The van der Waals surface area contributed by atoms with E-state index in [4.69, 9.17) is 0 Å². The Kier molecular flexibility index (Phi) is 6.46. The Bertz CT molecular complexity index is 501. The summed E-state index contributed by atoms with van der Waals surface area (Å²) in [4.78, 5) is 2.47. The number of nitrogens with zero attached hydrogens (tertiary/aromatic N) is 1. The highest BCUT2D eigenvalue weighted by atomic mass is 79.9. The molecule has 0 aliphatic carbocycles. The van der Waals surface area contributed by atoms with E-state index in [1.165, 1.54) is 0 Å². The molecular formula is C13H21BrN2O2S. The molecule has 1 atom stereocenters. The minimum Gasteiger partial charge on any atom is -0.302 e. The van der Waals surface area contributed by atoms with E-state index < -0.39 is 10.0 Å². The summed E-state index contributed by atoms with van der Waals surface area (Å²) in [6.07, 6.45) is 0. The van der Waals surface area contributed by atoms with Gasteiger partial charge in [-0.25, -0.2) is 13.1 Å². The first-order chi connectivity index (χ1) is 8.89. The van der Waals surface area contributed by atoms with Crippen LogP contribution in [-0.4, -0.2) is 39.0 Å². The van der Waals surface area contributed by atoms with Crippen LogP contribution in [0.5, 0.6) is 0 Å². The third kappa shape index (κ3) is 5.22. The highest BCUT2D eigenvalue weighted by Crippen LogP contribution is 2.16. The Morgan fingerprint density at radius 2 is 1.95 bits per heavy atom. The van der Waals surface area contributed by atoms with Gasteiger partial charge in [-0.15, -0.1) is 0 Å². The molecule has 0 fully saturated rings. The van der Waals surface area contributed by atoms with Crippen LogP contribution >= 0.6 is 15.9 Å². The van der Waals surface area contributed by atoms with Crippen molar-refractivity contribution < 1.29 is 8.42 Å². The van der Waals surface area contributed by atoms with Gasteiger partial charge in [-0.3, -0.25) is 0 Å². The van der Waals surface area contributed by atoms with Gasteiger partial charge < -0.3 is 4.90 Å². The van der Waals surface area contributed by atoms with E-state index in [2.05, 4.69) is 39.4 Å². The fourth-order valence-electron chi connectivity index (χ4n) is 1.87. The zero-order valence-electron chi connectivity index (χ0n) is 11.6. The topological polar surface area (TPSA) is 49.4 Å². The van der Waals surface area contributed by atoms with Crippen LogP contribution in [0.1, 0.15) is 20.8 Å². The number of likely N-dealkylation sites (N-methyl/N-ethyl adjacent to an activating group) is 1. The van der Waals surface area contributed by atoms with Crippen molar-refractivity contribution in [1.29, 1.82) is 0 Å².